The van der Waals surface area contributed by atoms with Gasteiger partial charge in [-0.15, -0.1) is 0 Å². The van der Waals surface area contributed by atoms with Crippen molar-refractivity contribution in [3.8, 4) is 5.69 Å². The van der Waals surface area contributed by atoms with E-state index in [1.807, 2.05) is 25.2 Å². The molecule has 0 aliphatic rings. The van der Waals surface area contributed by atoms with Crippen molar-refractivity contribution in [2.24, 2.45) is 0 Å². The van der Waals surface area contributed by atoms with E-state index >= 15 is 0 Å². The Morgan fingerprint density at radius 2 is 1.75 bits per heavy atom. The molecule has 0 bridgehead atoms. The summed E-state index contributed by atoms with van der Waals surface area (Å²) in [6.45, 7) is 0. The number of hydrogen-bond acceptors (Lipinski definition) is 1. The molecule has 3 rings (SSSR count). The number of benzene rings is 2. The molecular weight excluding hydrogens is 198 g/mol. The van der Waals surface area contributed by atoms with Crippen molar-refractivity contribution in [2.45, 2.75) is 0 Å². The quantitative estimate of drug-likeness (QED) is 0.671. The minimum atomic E-state index is 1.12. The fraction of sp³-hybridized carbons (Fsp3) is 0.0769. The van der Waals surface area contributed by atoms with Crippen LogP contribution in [-0.2, 0) is 0 Å². The van der Waals surface area contributed by atoms with Gasteiger partial charge in [0.2, 0.25) is 0 Å². The Hall–Kier alpha value is -2.16. The normalized spacial score (nSPS) is 10.8. The highest BCUT2D eigenvalue weighted by molar-refractivity contribution is 5.81. The van der Waals surface area contributed by atoms with E-state index in [-0.39, 0.29) is 0 Å². The Balaban J connectivity index is 2.18. The standard InChI is InChI=1S/C13H13N3/c1-14-10-6-2-4-8-12(10)16-13-9-5-3-7-11(13)15-16/h2-9,14-15H,1H3. The molecule has 0 unspecified atom stereocenters. The lowest BCUT2D eigenvalue weighted by molar-refractivity contribution is 0.871. The Labute approximate surface area is 93.7 Å². The van der Waals surface area contributed by atoms with E-state index in [1.165, 1.54) is 11.0 Å². The lowest BCUT2D eigenvalue weighted by atomic mass is 10.2. The zero-order chi connectivity index (χ0) is 11.0. The van der Waals surface area contributed by atoms with Crippen molar-refractivity contribution in [1.82, 2.24) is 9.78 Å². The molecule has 3 aromatic rings. The van der Waals surface area contributed by atoms with Gasteiger partial charge in [0.15, 0.2) is 0 Å². The minimum Gasteiger partial charge on any atom is -0.386 e. The van der Waals surface area contributed by atoms with E-state index in [0.717, 1.165) is 11.4 Å². The first-order chi connectivity index (χ1) is 7.90. The first kappa shape index (κ1) is 9.09. The second kappa shape index (κ2) is 3.45. The summed E-state index contributed by atoms with van der Waals surface area (Å²) in [6.07, 6.45) is 0. The molecule has 0 radical (unpaired) electrons. The Kier molecular flexibility index (Phi) is 1.96. The van der Waals surface area contributed by atoms with E-state index in [4.69, 9.17) is 0 Å². The van der Waals surface area contributed by atoms with Gasteiger partial charge in [-0.2, -0.15) is 0 Å². The summed E-state index contributed by atoms with van der Waals surface area (Å²) in [7, 11) is 1.94. The molecule has 0 aliphatic carbocycles. The largest absolute Gasteiger partial charge is 0.386 e. The summed E-state index contributed by atoms with van der Waals surface area (Å²) >= 11 is 0. The molecule has 1 heterocycles. The predicted octanol–water partition coefficient (Wildman–Crippen LogP) is 3.00. The summed E-state index contributed by atoms with van der Waals surface area (Å²) in [5, 5.41) is 6.50. The molecule has 3 heteroatoms. The van der Waals surface area contributed by atoms with Gasteiger partial charge in [0, 0.05) is 7.05 Å². The highest BCUT2D eigenvalue weighted by atomic mass is 15.3. The Morgan fingerprint density at radius 1 is 1.00 bits per heavy atom. The number of aromatic nitrogens is 2. The van der Waals surface area contributed by atoms with Crippen LogP contribution in [-0.4, -0.2) is 16.8 Å². The smallest absolute Gasteiger partial charge is 0.0880 e. The third-order valence-corrected chi connectivity index (χ3v) is 2.79. The summed E-state index contributed by atoms with van der Waals surface area (Å²) < 4.78 is 2.08. The summed E-state index contributed by atoms with van der Waals surface area (Å²) in [6, 6.07) is 16.5. The molecular formula is C13H13N3. The van der Waals surface area contributed by atoms with Gasteiger partial charge in [0.25, 0.3) is 0 Å². The number of H-pyrrole nitrogens is 1. The topological polar surface area (TPSA) is 32.8 Å². The summed E-state index contributed by atoms with van der Waals surface area (Å²) in [5.74, 6) is 0. The minimum absolute atomic E-state index is 1.12. The molecule has 0 aliphatic heterocycles. The van der Waals surface area contributed by atoms with Crippen molar-refractivity contribution in [3.05, 3.63) is 48.5 Å². The number of nitrogens with one attached hydrogen (secondary N) is 2. The van der Waals surface area contributed by atoms with E-state index < -0.39 is 0 Å². The molecule has 2 N–H and O–H groups in total. The van der Waals surface area contributed by atoms with Crippen LogP contribution in [0, 0.1) is 0 Å². The molecule has 3 nitrogen and oxygen atoms in total. The maximum atomic E-state index is 3.31. The molecule has 0 fully saturated rings. The first-order valence-electron chi connectivity index (χ1n) is 5.33. The number of hydrogen-bond donors (Lipinski definition) is 2. The van der Waals surface area contributed by atoms with Gasteiger partial charge in [-0.25, -0.2) is 0 Å². The fourth-order valence-corrected chi connectivity index (χ4v) is 1.96. The molecule has 0 spiro atoms. The van der Waals surface area contributed by atoms with Gasteiger partial charge in [0.05, 0.1) is 22.4 Å². The van der Waals surface area contributed by atoms with Crippen molar-refractivity contribution in [3.63, 3.8) is 0 Å². The Morgan fingerprint density at radius 3 is 2.56 bits per heavy atom. The highest BCUT2D eigenvalue weighted by Gasteiger charge is 2.08. The van der Waals surface area contributed by atoms with Crippen molar-refractivity contribution in [1.29, 1.82) is 0 Å². The van der Waals surface area contributed by atoms with Crippen LogP contribution in [0.2, 0.25) is 0 Å². The van der Waals surface area contributed by atoms with E-state index in [1.54, 1.807) is 0 Å². The number of anilines is 1. The van der Waals surface area contributed by atoms with Gasteiger partial charge in [-0.1, -0.05) is 24.3 Å². The number of rotatable bonds is 2. The second-order valence-corrected chi connectivity index (χ2v) is 3.73. The number of nitrogens with zero attached hydrogens (tertiary/aromatic N) is 1. The van der Waals surface area contributed by atoms with E-state index in [2.05, 4.69) is 45.4 Å². The van der Waals surface area contributed by atoms with Crippen LogP contribution in [0.4, 0.5) is 5.69 Å². The second-order valence-electron chi connectivity index (χ2n) is 3.73. The van der Waals surface area contributed by atoms with Crippen LogP contribution in [0.3, 0.4) is 0 Å². The van der Waals surface area contributed by atoms with Crippen LogP contribution < -0.4 is 5.32 Å². The number of aromatic amines is 1. The van der Waals surface area contributed by atoms with Crippen molar-refractivity contribution < 1.29 is 0 Å². The molecule has 0 saturated carbocycles. The van der Waals surface area contributed by atoms with Gasteiger partial charge in [-0.3, -0.25) is 9.78 Å². The van der Waals surface area contributed by atoms with Gasteiger partial charge >= 0.3 is 0 Å². The molecule has 1 aromatic heterocycles. The highest BCUT2D eigenvalue weighted by Crippen LogP contribution is 2.24. The molecule has 2 aromatic carbocycles. The average molecular weight is 211 g/mol. The predicted molar refractivity (Wildman–Crippen MR) is 67.2 cm³/mol. The molecule has 80 valence electrons. The van der Waals surface area contributed by atoms with Crippen LogP contribution >= 0.6 is 0 Å². The molecule has 0 amide bonds. The van der Waals surface area contributed by atoms with Crippen molar-refractivity contribution >= 4 is 16.7 Å². The average Bonchev–Trinajstić information content (AvgIpc) is 2.31. The zero-order valence-corrected chi connectivity index (χ0v) is 9.07. The maximum absolute atomic E-state index is 3.31. The molecule has 0 saturated heterocycles. The van der Waals surface area contributed by atoms with Crippen molar-refractivity contribution in [2.75, 3.05) is 12.4 Å². The summed E-state index contributed by atoms with van der Waals surface area (Å²) in [4.78, 5) is 0. The van der Waals surface area contributed by atoms with Crippen LogP contribution in [0.1, 0.15) is 0 Å². The maximum Gasteiger partial charge on any atom is 0.0880 e. The lowest BCUT2D eigenvalue weighted by Crippen LogP contribution is -2.09. The van der Waals surface area contributed by atoms with Crippen LogP contribution in [0.5, 0.6) is 0 Å². The van der Waals surface area contributed by atoms with Gasteiger partial charge in [-0.05, 0) is 24.3 Å². The third kappa shape index (κ3) is 1.21. The van der Waals surface area contributed by atoms with E-state index in [0.29, 0.717) is 0 Å². The molecule has 0 atom stereocenters. The number of fused-ring (bicyclic) bond motifs is 1. The number of para-hydroxylation sites is 4. The van der Waals surface area contributed by atoms with E-state index in [9.17, 15) is 0 Å². The summed E-state index contributed by atoms with van der Waals surface area (Å²) in [5.41, 5.74) is 4.65. The monoisotopic (exact) mass is 211 g/mol. The van der Waals surface area contributed by atoms with Crippen LogP contribution in [0.15, 0.2) is 48.5 Å². The Bertz CT molecular complexity index is 619. The van der Waals surface area contributed by atoms with Gasteiger partial charge in [0.1, 0.15) is 0 Å². The molecule has 16 heavy (non-hydrogen) atoms. The lowest BCUT2D eigenvalue weighted by Gasteiger charge is -2.19. The van der Waals surface area contributed by atoms with Crippen LogP contribution in [0.25, 0.3) is 16.7 Å². The first-order valence-corrected chi connectivity index (χ1v) is 5.33. The zero-order valence-electron chi connectivity index (χ0n) is 9.07. The third-order valence-electron chi connectivity index (χ3n) is 2.79. The SMILES string of the molecule is CNc1ccccc1-n1[nH]c2ccccc21. The fourth-order valence-electron chi connectivity index (χ4n) is 1.96. The van der Waals surface area contributed by atoms with Gasteiger partial charge < -0.3 is 5.32 Å².